The molecule has 140 valence electrons. The number of benzene rings is 1. The lowest BCUT2D eigenvalue weighted by Gasteiger charge is -2.40. The zero-order valence-corrected chi connectivity index (χ0v) is 15.8. The maximum atomic E-state index is 5.27. The van der Waals surface area contributed by atoms with Gasteiger partial charge in [-0.25, -0.2) is 0 Å². The van der Waals surface area contributed by atoms with Gasteiger partial charge < -0.3 is 20.7 Å². The molecule has 0 bridgehead atoms. The second kappa shape index (κ2) is 11.0. The number of para-hydroxylation sites is 1. The van der Waals surface area contributed by atoms with E-state index in [-0.39, 0.29) is 0 Å². The van der Waals surface area contributed by atoms with E-state index in [4.69, 9.17) is 9.73 Å². The van der Waals surface area contributed by atoms with Gasteiger partial charge in [0.1, 0.15) is 0 Å². The van der Waals surface area contributed by atoms with Gasteiger partial charge in [-0.15, -0.1) is 0 Å². The fourth-order valence-corrected chi connectivity index (χ4v) is 3.15. The second-order valence-electron chi connectivity index (χ2n) is 6.86. The van der Waals surface area contributed by atoms with Crippen LogP contribution in [0.2, 0.25) is 0 Å². The van der Waals surface area contributed by atoms with Crippen LogP contribution >= 0.6 is 0 Å². The molecule has 0 atom stereocenters. The van der Waals surface area contributed by atoms with Crippen LogP contribution in [0.4, 0.5) is 5.69 Å². The number of rotatable bonds is 11. The molecule has 1 saturated carbocycles. The SMILES string of the molecule is CCNC(=NCC1(CCOC)CCC1)NCCCNc1ccccc1. The molecule has 0 unspecified atom stereocenters. The van der Waals surface area contributed by atoms with Gasteiger partial charge >= 0.3 is 0 Å². The lowest BCUT2D eigenvalue weighted by molar-refractivity contribution is 0.0778. The van der Waals surface area contributed by atoms with Crippen molar-refractivity contribution in [3.63, 3.8) is 0 Å². The summed E-state index contributed by atoms with van der Waals surface area (Å²) in [7, 11) is 1.78. The van der Waals surface area contributed by atoms with Crippen LogP contribution in [0, 0.1) is 5.41 Å². The Kier molecular flexibility index (Phi) is 8.60. The molecule has 1 aliphatic rings. The summed E-state index contributed by atoms with van der Waals surface area (Å²) in [6, 6.07) is 10.3. The fraction of sp³-hybridized carbons (Fsp3) is 0.650. The highest BCUT2D eigenvalue weighted by Gasteiger charge is 2.36. The van der Waals surface area contributed by atoms with Crippen LogP contribution in [0.3, 0.4) is 0 Å². The first kappa shape index (κ1) is 19.6. The molecule has 1 aromatic rings. The monoisotopic (exact) mass is 346 g/mol. The van der Waals surface area contributed by atoms with Crippen LogP contribution in [0.1, 0.15) is 39.0 Å². The third-order valence-corrected chi connectivity index (χ3v) is 4.92. The highest BCUT2D eigenvalue weighted by atomic mass is 16.5. The molecule has 1 aromatic carbocycles. The van der Waals surface area contributed by atoms with Gasteiger partial charge in [-0.2, -0.15) is 0 Å². The molecule has 0 heterocycles. The minimum absolute atomic E-state index is 0.368. The Balaban J connectivity index is 1.70. The van der Waals surface area contributed by atoms with Crippen molar-refractivity contribution >= 4 is 11.6 Å². The summed E-state index contributed by atoms with van der Waals surface area (Å²) in [5, 5.41) is 10.2. The summed E-state index contributed by atoms with van der Waals surface area (Å²) in [4.78, 5) is 4.83. The van der Waals surface area contributed by atoms with E-state index in [2.05, 4.69) is 47.1 Å². The molecule has 0 saturated heterocycles. The number of hydrogen-bond donors (Lipinski definition) is 3. The summed E-state index contributed by atoms with van der Waals surface area (Å²) >= 11 is 0. The molecular weight excluding hydrogens is 312 g/mol. The Bertz CT molecular complexity index is 500. The normalized spacial score (nSPS) is 16.2. The number of hydrogen-bond acceptors (Lipinski definition) is 3. The number of methoxy groups -OCH3 is 1. The van der Waals surface area contributed by atoms with Crippen molar-refractivity contribution in [2.24, 2.45) is 10.4 Å². The van der Waals surface area contributed by atoms with E-state index < -0.39 is 0 Å². The van der Waals surface area contributed by atoms with Gasteiger partial charge in [0.15, 0.2) is 5.96 Å². The lowest BCUT2D eigenvalue weighted by atomic mass is 9.67. The molecule has 25 heavy (non-hydrogen) atoms. The lowest BCUT2D eigenvalue weighted by Crippen LogP contribution is -2.40. The van der Waals surface area contributed by atoms with Gasteiger partial charge in [-0.3, -0.25) is 4.99 Å². The third-order valence-electron chi connectivity index (χ3n) is 4.92. The summed E-state index contributed by atoms with van der Waals surface area (Å²) in [6.07, 6.45) is 6.05. The predicted molar refractivity (Wildman–Crippen MR) is 106 cm³/mol. The van der Waals surface area contributed by atoms with Crippen molar-refractivity contribution in [2.45, 2.75) is 39.0 Å². The zero-order chi connectivity index (χ0) is 17.8. The van der Waals surface area contributed by atoms with E-state index in [9.17, 15) is 0 Å². The number of guanidine groups is 1. The van der Waals surface area contributed by atoms with E-state index in [0.29, 0.717) is 5.41 Å². The van der Waals surface area contributed by atoms with Crippen LogP contribution in [0.25, 0.3) is 0 Å². The van der Waals surface area contributed by atoms with Crippen molar-refractivity contribution in [3.8, 4) is 0 Å². The minimum Gasteiger partial charge on any atom is -0.385 e. The number of aliphatic imine (C=N–C) groups is 1. The van der Waals surface area contributed by atoms with E-state index in [1.54, 1.807) is 7.11 Å². The standard InChI is InChI=1S/C20H34N4O/c1-3-21-19(24-17-20(11-7-12-20)13-16-25-2)23-15-8-14-22-18-9-5-4-6-10-18/h4-6,9-10,22H,3,7-8,11-17H2,1-2H3,(H2,21,23,24). The van der Waals surface area contributed by atoms with Gasteiger partial charge in [0.05, 0.1) is 0 Å². The first-order valence-corrected chi connectivity index (χ1v) is 9.58. The van der Waals surface area contributed by atoms with Gasteiger partial charge in [0.25, 0.3) is 0 Å². The van der Waals surface area contributed by atoms with Crippen LogP contribution in [-0.4, -0.2) is 45.9 Å². The fourth-order valence-electron chi connectivity index (χ4n) is 3.15. The van der Waals surface area contributed by atoms with Gasteiger partial charge in [0.2, 0.25) is 0 Å². The van der Waals surface area contributed by atoms with Crippen LogP contribution in [0.5, 0.6) is 0 Å². The van der Waals surface area contributed by atoms with Crippen molar-refractivity contribution in [2.75, 3.05) is 45.2 Å². The van der Waals surface area contributed by atoms with E-state index >= 15 is 0 Å². The zero-order valence-electron chi connectivity index (χ0n) is 15.8. The Morgan fingerprint density at radius 1 is 1.16 bits per heavy atom. The van der Waals surface area contributed by atoms with Crippen molar-refractivity contribution < 1.29 is 4.74 Å². The molecule has 0 spiro atoms. The molecule has 5 nitrogen and oxygen atoms in total. The van der Waals surface area contributed by atoms with Crippen molar-refractivity contribution in [3.05, 3.63) is 30.3 Å². The maximum absolute atomic E-state index is 5.27. The van der Waals surface area contributed by atoms with Gasteiger partial charge in [0, 0.05) is 45.6 Å². The Morgan fingerprint density at radius 2 is 1.96 bits per heavy atom. The van der Waals surface area contributed by atoms with Crippen LogP contribution in [-0.2, 0) is 4.74 Å². The molecule has 0 aliphatic heterocycles. The van der Waals surface area contributed by atoms with Crippen LogP contribution in [0.15, 0.2) is 35.3 Å². The van der Waals surface area contributed by atoms with E-state index in [1.807, 2.05) is 6.07 Å². The average Bonchev–Trinajstić information content (AvgIpc) is 2.61. The molecule has 0 aromatic heterocycles. The molecular formula is C20H34N4O. The Labute approximate surface area is 152 Å². The summed E-state index contributed by atoms with van der Waals surface area (Å²) in [5.74, 6) is 0.936. The molecule has 1 fully saturated rings. The van der Waals surface area contributed by atoms with Crippen molar-refractivity contribution in [1.82, 2.24) is 10.6 Å². The smallest absolute Gasteiger partial charge is 0.191 e. The highest BCUT2D eigenvalue weighted by Crippen LogP contribution is 2.44. The molecule has 3 N–H and O–H groups in total. The molecule has 5 heteroatoms. The average molecular weight is 347 g/mol. The first-order valence-electron chi connectivity index (χ1n) is 9.58. The van der Waals surface area contributed by atoms with E-state index in [1.165, 1.54) is 24.9 Å². The largest absolute Gasteiger partial charge is 0.385 e. The van der Waals surface area contributed by atoms with Crippen molar-refractivity contribution in [1.29, 1.82) is 0 Å². The number of nitrogens with zero attached hydrogens (tertiary/aromatic N) is 1. The topological polar surface area (TPSA) is 57.7 Å². The summed E-state index contributed by atoms with van der Waals surface area (Å²) < 4.78 is 5.27. The second-order valence-corrected chi connectivity index (χ2v) is 6.86. The Hall–Kier alpha value is -1.75. The number of anilines is 1. The first-order chi connectivity index (χ1) is 12.3. The molecule has 0 radical (unpaired) electrons. The number of nitrogens with one attached hydrogen (secondary N) is 3. The molecule has 0 amide bonds. The number of ether oxygens (including phenoxy) is 1. The molecule has 2 rings (SSSR count). The highest BCUT2D eigenvalue weighted by molar-refractivity contribution is 5.79. The summed E-state index contributed by atoms with van der Waals surface area (Å²) in [6.45, 7) is 6.60. The maximum Gasteiger partial charge on any atom is 0.191 e. The van der Waals surface area contributed by atoms with Crippen LogP contribution < -0.4 is 16.0 Å². The minimum atomic E-state index is 0.368. The summed E-state index contributed by atoms with van der Waals surface area (Å²) in [5.41, 5.74) is 1.54. The van der Waals surface area contributed by atoms with E-state index in [0.717, 1.165) is 51.6 Å². The quantitative estimate of drug-likeness (QED) is 0.327. The third kappa shape index (κ3) is 6.94. The molecule has 1 aliphatic carbocycles. The predicted octanol–water partition coefficient (Wildman–Crippen LogP) is 3.25. The van der Waals surface area contributed by atoms with Gasteiger partial charge in [-0.05, 0) is 50.2 Å². The van der Waals surface area contributed by atoms with Gasteiger partial charge in [-0.1, -0.05) is 24.6 Å². The Morgan fingerprint density at radius 3 is 2.60 bits per heavy atom.